The summed E-state index contributed by atoms with van der Waals surface area (Å²) in [6, 6.07) is 6.70. The van der Waals surface area contributed by atoms with Crippen molar-refractivity contribution in [3.63, 3.8) is 0 Å². The molecule has 2 aromatic rings. The first kappa shape index (κ1) is 15.6. The Balaban J connectivity index is 1.86. The highest BCUT2D eigenvalue weighted by Gasteiger charge is 2.47. The first-order chi connectivity index (χ1) is 11.7. The van der Waals surface area contributed by atoms with Gasteiger partial charge < -0.3 is 4.74 Å². The summed E-state index contributed by atoms with van der Waals surface area (Å²) in [5.74, 6) is 0.412. The molecule has 0 bridgehead atoms. The largest absolute Gasteiger partial charge is 0.379 e. The normalized spacial score (nSPS) is 26.6. The standard InChI is InChI=1S/C16H16F2N4OS/c17-13-2-1-10(14-3-5-19-22-14)7-12(13)16-9-23-6-4-11(16)8-24-15(20-16)21-18/h1-3,5,7,11H,4,6,8-9H2,(H,19,22)(H,20,21). The first-order valence-corrected chi connectivity index (χ1v) is 8.68. The number of nitrogens with zero attached hydrogens (tertiary/aromatic N) is 2. The van der Waals surface area contributed by atoms with Crippen molar-refractivity contribution in [2.75, 3.05) is 19.0 Å². The number of ether oxygens (including phenoxy) is 1. The van der Waals surface area contributed by atoms with E-state index in [1.54, 1.807) is 23.9 Å². The number of aromatic nitrogens is 2. The Hall–Kier alpha value is -1.93. The molecule has 1 saturated heterocycles. The van der Waals surface area contributed by atoms with Crippen LogP contribution in [-0.2, 0) is 10.3 Å². The van der Waals surface area contributed by atoms with Gasteiger partial charge in [-0.1, -0.05) is 11.8 Å². The van der Waals surface area contributed by atoms with Crippen LogP contribution in [0.4, 0.5) is 8.87 Å². The number of H-pyrrole nitrogens is 1. The SMILES string of the molecule is FNC1=NC2(c3cc(-c4ccn[nH]4)ccc3F)COCCC2CS1. The molecule has 0 amide bonds. The number of thioether (sulfide) groups is 1. The molecule has 8 heteroatoms. The van der Waals surface area contributed by atoms with Gasteiger partial charge in [0.25, 0.3) is 0 Å². The van der Waals surface area contributed by atoms with Crippen molar-refractivity contribution >= 4 is 16.9 Å². The van der Waals surface area contributed by atoms with Gasteiger partial charge in [0.15, 0.2) is 5.17 Å². The molecule has 126 valence electrons. The summed E-state index contributed by atoms with van der Waals surface area (Å²) in [6.45, 7) is 0.857. The monoisotopic (exact) mass is 350 g/mol. The number of aliphatic imine (C=N–C) groups is 1. The zero-order valence-corrected chi connectivity index (χ0v) is 13.6. The van der Waals surface area contributed by atoms with Crippen LogP contribution in [0.5, 0.6) is 0 Å². The number of hydrogen-bond acceptors (Lipinski definition) is 5. The van der Waals surface area contributed by atoms with Gasteiger partial charge in [-0.3, -0.25) is 5.10 Å². The first-order valence-electron chi connectivity index (χ1n) is 7.70. The summed E-state index contributed by atoms with van der Waals surface area (Å²) in [7, 11) is 0. The zero-order valence-electron chi connectivity index (χ0n) is 12.8. The minimum absolute atomic E-state index is 0.0971. The van der Waals surface area contributed by atoms with Crippen LogP contribution in [0.25, 0.3) is 11.3 Å². The molecule has 2 N–H and O–H groups in total. The van der Waals surface area contributed by atoms with E-state index in [2.05, 4.69) is 15.2 Å². The number of benzene rings is 1. The average molecular weight is 350 g/mol. The fourth-order valence-corrected chi connectivity index (χ4v) is 4.48. The van der Waals surface area contributed by atoms with E-state index in [0.29, 0.717) is 17.9 Å². The van der Waals surface area contributed by atoms with Crippen LogP contribution in [0.1, 0.15) is 12.0 Å². The summed E-state index contributed by atoms with van der Waals surface area (Å²) >= 11 is 1.32. The Morgan fingerprint density at radius 3 is 3.08 bits per heavy atom. The number of nitrogens with one attached hydrogen (secondary N) is 2. The van der Waals surface area contributed by atoms with Crippen LogP contribution in [0.2, 0.25) is 0 Å². The number of aromatic amines is 1. The molecule has 24 heavy (non-hydrogen) atoms. The summed E-state index contributed by atoms with van der Waals surface area (Å²) in [5.41, 5.74) is 2.75. The third kappa shape index (κ3) is 2.50. The van der Waals surface area contributed by atoms with E-state index in [0.717, 1.165) is 17.7 Å². The van der Waals surface area contributed by atoms with Crippen LogP contribution >= 0.6 is 11.8 Å². The minimum atomic E-state index is -0.905. The second kappa shape index (κ2) is 6.18. The predicted molar refractivity (Wildman–Crippen MR) is 88.7 cm³/mol. The lowest BCUT2D eigenvalue weighted by molar-refractivity contribution is 0.00271. The van der Waals surface area contributed by atoms with E-state index in [1.165, 1.54) is 17.8 Å². The molecule has 0 spiro atoms. The van der Waals surface area contributed by atoms with Crippen molar-refractivity contribution in [3.05, 3.63) is 41.8 Å². The Bertz CT molecular complexity index is 767. The highest BCUT2D eigenvalue weighted by molar-refractivity contribution is 8.13. The lowest BCUT2D eigenvalue weighted by Gasteiger charge is -2.44. The lowest BCUT2D eigenvalue weighted by atomic mass is 9.76. The van der Waals surface area contributed by atoms with Crippen LogP contribution < -0.4 is 5.54 Å². The third-order valence-corrected chi connectivity index (χ3v) is 5.67. The highest BCUT2D eigenvalue weighted by Crippen LogP contribution is 2.46. The number of amidine groups is 1. The Kier molecular flexibility index (Phi) is 4.01. The maximum Gasteiger partial charge on any atom is 0.185 e. The van der Waals surface area contributed by atoms with Gasteiger partial charge in [-0.25, -0.2) is 14.9 Å². The third-order valence-electron chi connectivity index (χ3n) is 4.66. The zero-order chi connectivity index (χ0) is 16.6. The molecule has 3 heterocycles. The molecular formula is C16H16F2N4OS. The average Bonchev–Trinajstić information content (AvgIpc) is 3.16. The Morgan fingerprint density at radius 2 is 2.29 bits per heavy atom. The number of fused-ring (bicyclic) bond motifs is 1. The van der Waals surface area contributed by atoms with Gasteiger partial charge in [0.1, 0.15) is 11.4 Å². The Labute approximate surface area is 141 Å². The van der Waals surface area contributed by atoms with Crippen molar-refractivity contribution in [3.8, 4) is 11.3 Å². The van der Waals surface area contributed by atoms with E-state index >= 15 is 0 Å². The molecule has 2 atom stereocenters. The molecule has 4 rings (SSSR count). The van der Waals surface area contributed by atoms with Crippen LogP contribution in [0.15, 0.2) is 35.5 Å². The maximum absolute atomic E-state index is 14.7. The second-order valence-corrected chi connectivity index (χ2v) is 6.96. The van der Waals surface area contributed by atoms with E-state index < -0.39 is 5.54 Å². The minimum Gasteiger partial charge on any atom is -0.379 e. The van der Waals surface area contributed by atoms with Gasteiger partial charge in [-0.05, 0) is 30.7 Å². The number of rotatable bonds is 2. The number of halogens is 2. The van der Waals surface area contributed by atoms with Gasteiger partial charge in [-0.2, -0.15) is 5.10 Å². The lowest BCUT2D eigenvalue weighted by Crippen LogP contribution is -2.48. The summed E-state index contributed by atoms with van der Waals surface area (Å²) < 4.78 is 33.3. The molecule has 1 fully saturated rings. The maximum atomic E-state index is 14.7. The van der Waals surface area contributed by atoms with Crippen molar-refractivity contribution < 1.29 is 13.6 Å². The summed E-state index contributed by atoms with van der Waals surface area (Å²) in [5, 5.41) is 6.98. The van der Waals surface area contributed by atoms with Crippen LogP contribution in [-0.4, -0.2) is 34.3 Å². The molecule has 1 aromatic heterocycles. The molecule has 2 aliphatic rings. The molecule has 2 unspecified atom stereocenters. The summed E-state index contributed by atoms with van der Waals surface area (Å²) in [6.07, 6.45) is 2.41. The van der Waals surface area contributed by atoms with Gasteiger partial charge >= 0.3 is 0 Å². The van der Waals surface area contributed by atoms with E-state index in [4.69, 9.17) is 4.74 Å². The van der Waals surface area contributed by atoms with Crippen molar-refractivity contribution in [2.45, 2.75) is 12.0 Å². The van der Waals surface area contributed by atoms with E-state index in [9.17, 15) is 8.87 Å². The van der Waals surface area contributed by atoms with Crippen molar-refractivity contribution in [2.24, 2.45) is 10.9 Å². The van der Waals surface area contributed by atoms with Crippen LogP contribution in [0.3, 0.4) is 0 Å². The molecular weight excluding hydrogens is 334 g/mol. The second-order valence-electron chi connectivity index (χ2n) is 5.95. The van der Waals surface area contributed by atoms with E-state index in [-0.39, 0.29) is 23.5 Å². The smallest absolute Gasteiger partial charge is 0.185 e. The predicted octanol–water partition coefficient (Wildman–Crippen LogP) is 3.02. The molecule has 1 aromatic carbocycles. The summed E-state index contributed by atoms with van der Waals surface area (Å²) in [4.78, 5) is 4.51. The van der Waals surface area contributed by atoms with Gasteiger partial charge in [0.2, 0.25) is 0 Å². The molecule has 0 radical (unpaired) electrons. The van der Waals surface area contributed by atoms with Gasteiger partial charge in [0, 0.05) is 35.6 Å². The van der Waals surface area contributed by atoms with Crippen molar-refractivity contribution in [1.29, 1.82) is 0 Å². The fourth-order valence-electron chi connectivity index (χ4n) is 3.40. The number of hydrogen-bond donors (Lipinski definition) is 2. The topological polar surface area (TPSA) is 62.3 Å². The fraction of sp³-hybridized carbons (Fsp3) is 0.375. The van der Waals surface area contributed by atoms with Gasteiger partial charge in [0.05, 0.1) is 12.3 Å². The van der Waals surface area contributed by atoms with Gasteiger partial charge in [-0.15, -0.1) is 4.48 Å². The molecule has 2 aliphatic heterocycles. The van der Waals surface area contributed by atoms with E-state index in [1.807, 2.05) is 6.07 Å². The van der Waals surface area contributed by atoms with Crippen molar-refractivity contribution in [1.82, 2.24) is 15.7 Å². The Morgan fingerprint density at radius 1 is 1.38 bits per heavy atom. The molecule has 0 aliphatic carbocycles. The highest BCUT2D eigenvalue weighted by atomic mass is 32.2. The molecule has 0 saturated carbocycles. The molecule has 5 nitrogen and oxygen atoms in total. The van der Waals surface area contributed by atoms with Crippen LogP contribution in [0, 0.1) is 11.7 Å². The quantitative estimate of drug-likeness (QED) is 0.818.